The molecule has 2 heterocycles. The molecule has 0 saturated carbocycles. The van der Waals surface area contributed by atoms with Gasteiger partial charge in [0.15, 0.2) is 0 Å². The SMILES string of the molecule is [B]c1c([B])c([B])c(-c2c3ccccc3c(-c3ccc(-c4ccc5oc(-c6cc(-c7ccccc7)cc7ccccc67)cc5c4)c4sc5ccccc5c34)c3c([B])c([B])c([B])c([B])c23)c([B])c1[B]. The maximum absolute atomic E-state index is 7.14. The molecule has 0 amide bonds. The smallest absolute Gasteiger partial charge is 0.136 e. The second-order valence-corrected chi connectivity index (χ2v) is 18.1. The van der Waals surface area contributed by atoms with Crippen molar-refractivity contribution in [1.82, 2.24) is 0 Å². The fourth-order valence-corrected chi connectivity index (χ4v) is 11.4. The third-order valence-electron chi connectivity index (χ3n) is 13.4. The van der Waals surface area contributed by atoms with Crippen LogP contribution in [0.25, 0.3) is 119 Å². The van der Waals surface area contributed by atoms with Crippen LogP contribution in [0, 0.1) is 0 Å². The Labute approximate surface area is 404 Å². The van der Waals surface area contributed by atoms with Gasteiger partial charge in [-0.1, -0.05) is 137 Å². The molecule has 0 aliphatic heterocycles. The average molecular weight is 843 g/mol. The highest BCUT2D eigenvalue weighted by atomic mass is 32.1. The molecule has 0 N–H and O–H groups in total. The van der Waals surface area contributed by atoms with Crippen molar-refractivity contribution in [2.24, 2.45) is 0 Å². The molecule has 0 aliphatic rings. The van der Waals surface area contributed by atoms with E-state index in [9.17, 15) is 0 Å². The maximum atomic E-state index is 7.14. The molecule has 18 radical (unpaired) electrons. The number of hydrogen-bond acceptors (Lipinski definition) is 2. The Balaban J connectivity index is 1.12. The van der Waals surface area contributed by atoms with Gasteiger partial charge >= 0.3 is 0 Å². The molecule has 12 aromatic rings. The van der Waals surface area contributed by atoms with Crippen LogP contribution in [-0.4, -0.2) is 70.6 Å². The number of benzene rings is 10. The molecular formula is C56H25B9OS. The van der Waals surface area contributed by atoms with Crippen LogP contribution in [0.5, 0.6) is 0 Å². The van der Waals surface area contributed by atoms with Crippen molar-refractivity contribution < 1.29 is 4.42 Å². The summed E-state index contributed by atoms with van der Waals surface area (Å²) in [6, 6.07) is 52.6. The topological polar surface area (TPSA) is 13.1 Å². The predicted molar refractivity (Wildman–Crippen MR) is 297 cm³/mol. The Hall–Kier alpha value is -6.68. The molecule has 2 aromatic heterocycles. The third-order valence-corrected chi connectivity index (χ3v) is 14.6. The van der Waals surface area contributed by atoms with Crippen LogP contribution in [0.1, 0.15) is 0 Å². The van der Waals surface area contributed by atoms with E-state index < -0.39 is 0 Å². The van der Waals surface area contributed by atoms with E-state index in [1.165, 1.54) is 0 Å². The summed E-state index contributed by atoms with van der Waals surface area (Å²) in [4.78, 5) is 0. The summed E-state index contributed by atoms with van der Waals surface area (Å²) >= 11 is 1.74. The molecule has 0 atom stereocenters. The molecule has 10 aromatic carbocycles. The van der Waals surface area contributed by atoms with Crippen LogP contribution in [0.2, 0.25) is 0 Å². The van der Waals surface area contributed by atoms with Crippen LogP contribution in [0.3, 0.4) is 0 Å². The van der Waals surface area contributed by atoms with Crippen molar-refractivity contribution in [3.8, 4) is 55.8 Å². The summed E-state index contributed by atoms with van der Waals surface area (Å²) in [5.41, 5.74) is 10.3. The quantitative estimate of drug-likeness (QED) is 0.159. The van der Waals surface area contributed by atoms with Gasteiger partial charge in [-0.25, -0.2) is 0 Å². The number of hydrogen-bond donors (Lipinski definition) is 0. The van der Waals surface area contributed by atoms with Crippen LogP contribution in [-0.2, 0) is 0 Å². The van der Waals surface area contributed by atoms with Crippen molar-refractivity contribution in [3.63, 3.8) is 0 Å². The highest BCUT2D eigenvalue weighted by Crippen LogP contribution is 2.49. The molecule has 0 fully saturated rings. The van der Waals surface area contributed by atoms with Crippen molar-refractivity contribution in [2.75, 3.05) is 0 Å². The second kappa shape index (κ2) is 15.7. The summed E-state index contributed by atoms with van der Waals surface area (Å²) in [6.07, 6.45) is 0. The minimum absolute atomic E-state index is 0.0987. The van der Waals surface area contributed by atoms with Gasteiger partial charge in [0.1, 0.15) is 82.0 Å². The van der Waals surface area contributed by atoms with Gasteiger partial charge in [0.2, 0.25) is 0 Å². The summed E-state index contributed by atoms with van der Waals surface area (Å²) < 4.78 is 8.89. The van der Waals surface area contributed by atoms with Gasteiger partial charge in [0.05, 0.1) is 0 Å². The highest BCUT2D eigenvalue weighted by molar-refractivity contribution is 7.26. The Morgan fingerprint density at radius 2 is 0.881 bits per heavy atom. The lowest BCUT2D eigenvalue weighted by Crippen LogP contribution is -2.55. The molecule has 12 rings (SSSR count). The molecule has 0 bridgehead atoms. The Morgan fingerprint density at radius 1 is 0.328 bits per heavy atom. The molecule has 0 unspecified atom stereocenters. The first-order valence-corrected chi connectivity index (χ1v) is 22.5. The fraction of sp³-hybridized carbons (Fsp3) is 0. The molecule has 288 valence electrons. The summed E-state index contributed by atoms with van der Waals surface area (Å²) in [6.45, 7) is 0. The number of rotatable bonds is 5. The van der Waals surface area contributed by atoms with Crippen LogP contribution < -0.4 is 49.2 Å². The van der Waals surface area contributed by atoms with Gasteiger partial charge < -0.3 is 4.42 Å². The molecule has 0 aliphatic carbocycles. The van der Waals surface area contributed by atoms with E-state index >= 15 is 0 Å². The number of thiophene rings is 1. The number of fused-ring (bicyclic) bond motifs is 7. The van der Waals surface area contributed by atoms with Crippen molar-refractivity contribution >= 4 is 195 Å². The van der Waals surface area contributed by atoms with E-state index in [1.807, 2.05) is 30.3 Å². The van der Waals surface area contributed by atoms with Crippen molar-refractivity contribution in [3.05, 3.63) is 152 Å². The standard InChI is InChI=1S/C56H25B9OS/c57-47-44-41(33-14-6-7-15-34(33)43(45(44)48(58)52(62)51(47)61)46-49(59)53(63)55(65)54(64)50(46)60)36-20-19-32(56-42(36)35-16-8-9-17-40(35)67-56)28-18-21-38-30(23-28)25-39(66-38)37-24-29(26-10-2-1-3-11-26)22-27-12-4-5-13-31(27)37/h1-25H. The van der Waals surface area contributed by atoms with Crippen LogP contribution in [0.4, 0.5) is 0 Å². The van der Waals surface area contributed by atoms with E-state index in [2.05, 4.69) is 121 Å². The molecule has 1 nitrogen and oxygen atoms in total. The average Bonchev–Trinajstić information content (AvgIpc) is 3.98. The lowest BCUT2D eigenvalue weighted by atomic mass is 9.58. The normalized spacial score (nSPS) is 11.8. The Kier molecular flexibility index (Phi) is 9.79. The minimum atomic E-state index is 0.0987. The number of furan rings is 1. The van der Waals surface area contributed by atoms with Gasteiger partial charge in [-0.05, 0) is 113 Å². The van der Waals surface area contributed by atoms with E-state index in [1.54, 1.807) is 11.3 Å². The van der Waals surface area contributed by atoms with Gasteiger partial charge in [-0.15, -0.1) is 38.7 Å². The first kappa shape index (κ1) is 41.7. The zero-order valence-corrected chi connectivity index (χ0v) is 36.8. The largest absolute Gasteiger partial charge is 0.456 e. The third kappa shape index (κ3) is 6.27. The first-order valence-electron chi connectivity index (χ1n) is 21.7. The molecule has 0 spiro atoms. The Morgan fingerprint density at radius 3 is 1.60 bits per heavy atom. The minimum Gasteiger partial charge on any atom is -0.456 e. The van der Waals surface area contributed by atoms with E-state index in [0.29, 0.717) is 21.9 Å². The monoisotopic (exact) mass is 844 g/mol. The summed E-state index contributed by atoms with van der Waals surface area (Å²) in [5.74, 6) is 0.801. The van der Waals surface area contributed by atoms with Crippen molar-refractivity contribution in [2.45, 2.75) is 0 Å². The zero-order valence-electron chi connectivity index (χ0n) is 35.9. The lowest BCUT2D eigenvalue weighted by Gasteiger charge is -2.28. The highest BCUT2D eigenvalue weighted by Gasteiger charge is 2.26. The summed E-state index contributed by atoms with van der Waals surface area (Å²) in [7, 11) is 60.5. The van der Waals surface area contributed by atoms with E-state index in [0.717, 1.165) is 97.4 Å². The molecule has 67 heavy (non-hydrogen) atoms. The Bertz CT molecular complexity index is 4070. The lowest BCUT2D eigenvalue weighted by molar-refractivity contribution is 0.632. The van der Waals surface area contributed by atoms with Crippen LogP contribution >= 0.6 is 11.3 Å². The van der Waals surface area contributed by atoms with Crippen molar-refractivity contribution in [1.29, 1.82) is 0 Å². The zero-order chi connectivity index (χ0) is 46.0. The van der Waals surface area contributed by atoms with E-state index in [-0.39, 0.29) is 49.2 Å². The fourth-order valence-electron chi connectivity index (χ4n) is 10.1. The van der Waals surface area contributed by atoms with E-state index in [4.69, 9.17) is 75.0 Å². The molecular weight excluding hydrogens is 818 g/mol. The summed E-state index contributed by atoms with van der Waals surface area (Å²) in [5, 5.41) is 8.10. The molecule has 11 heteroatoms. The second-order valence-electron chi connectivity index (χ2n) is 17.1. The predicted octanol–water partition coefficient (Wildman–Crippen LogP) is 5.74. The first-order chi connectivity index (χ1) is 32.5. The van der Waals surface area contributed by atoms with Gasteiger partial charge in [0.25, 0.3) is 0 Å². The maximum Gasteiger partial charge on any atom is 0.136 e. The van der Waals surface area contributed by atoms with Gasteiger partial charge in [-0.2, -0.15) is 0 Å². The van der Waals surface area contributed by atoms with Crippen LogP contribution in [0.15, 0.2) is 156 Å². The van der Waals surface area contributed by atoms with Gasteiger partial charge in [-0.3, -0.25) is 0 Å². The van der Waals surface area contributed by atoms with Gasteiger partial charge in [0, 0.05) is 31.1 Å². The molecule has 0 saturated heterocycles.